The molecule has 0 radical (unpaired) electrons. The highest BCUT2D eigenvalue weighted by molar-refractivity contribution is 5.95. The van der Waals surface area contributed by atoms with Gasteiger partial charge in [-0.25, -0.2) is 0 Å². The molecule has 2 heteroatoms. The minimum Gasteiger partial charge on any atom is -0.342 e. The van der Waals surface area contributed by atoms with Gasteiger partial charge >= 0.3 is 0 Å². The molecule has 2 aromatic rings. The van der Waals surface area contributed by atoms with Crippen LogP contribution in [0.3, 0.4) is 0 Å². The topological polar surface area (TPSA) is 8.17 Å². The summed E-state index contributed by atoms with van der Waals surface area (Å²) >= 11 is 0. The Bertz CT molecular complexity index is 693. The summed E-state index contributed by atoms with van der Waals surface area (Å²) in [5.74, 6) is 0.647. The molecule has 1 aromatic carbocycles. The Morgan fingerprint density at radius 2 is 2.05 bits per heavy atom. The van der Waals surface area contributed by atoms with Crippen molar-refractivity contribution in [3.63, 3.8) is 0 Å². The number of hydrogen-bond acceptors (Lipinski definition) is 1. The van der Waals surface area contributed by atoms with Crippen LogP contribution in [0.2, 0.25) is 0 Å². The van der Waals surface area contributed by atoms with Crippen LogP contribution >= 0.6 is 0 Å². The molecule has 0 aliphatic carbocycles. The van der Waals surface area contributed by atoms with E-state index in [9.17, 15) is 0 Å². The number of benzene rings is 1. The minimum absolute atomic E-state index is 0.542. The van der Waals surface area contributed by atoms with Gasteiger partial charge in [-0.15, -0.1) is 0 Å². The summed E-state index contributed by atoms with van der Waals surface area (Å²) in [7, 11) is 2.26. The Hall–Kier alpha value is -1.54. The Morgan fingerprint density at radius 3 is 2.89 bits per heavy atom. The summed E-state index contributed by atoms with van der Waals surface area (Å²) in [6, 6.07) is 9.59. The third kappa shape index (κ3) is 1.47. The van der Waals surface area contributed by atoms with Crippen LogP contribution in [0.25, 0.3) is 16.5 Å². The van der Waals surface area contributed by atoms with Crippen molar-refractivity contribution in [1.29, 1.82) is 0 Å². The van der Waals surface area contributed by atoms with Gasteiger partial charge in [0.25, 0.3) is 0 Å². The van der Waals surface area contributed by atoms with E-state index >= 15 is 0 Å². The Labute approximate surface area is 114 Å². The van der Waals surface area contributed by atoms with Gasteiger partial charge in [0, 0.05) is 29.7 Å². The molecule has 0 saturated heterocycles. The van der Waals surface area contributed by atoms with Gasteiger partial charge in [0.15, 0.2) is 0 Å². The van der Waals surface area contributed by atoms with Gasteiger partial charge in [0.1, 0.15) is 0 Å². The molecule has 0 amide bonds. The number of nitrogens with zero attached hydrogens (tertiary/aromatic N) is 2. The van der Waals surface area contributed by atoms with Crippen LogP contribution in [0.4, 0.5) is 0 Å². The second-order valence-corrected chi connectivity index (χ2v) is 6.19. The zero-order chi connectivity index (χ0) is 13.1. The summed E-state index contributed by atoms with van der Waals surface area (Å²) in [5, 5.41) is 1.38. The zero-order valence-electron chi connectivity index (χ0n) is 11.9. The molecule has 0 N–H and O–H groups in total. The van der Waals surface area contributed by atoms with Crippen LogP contribution in [-0.4, -0.2) is 29.1 Å². The molecule has 98 valence electrons. The van der Waals surface area contributed by atoms with E-state index < -0.39 is 0 Å². The predicted molar refractivity (Wildman–Crippen MR) is 80.2 cm³/mol. The summed E-state index contributed by atoms with van der Waals surface area (Å²) in [6.45, 7) is 6.81. The highest BCUT2D eigenvalue weighted by Gasteiger charge is 2.32. The van der Waals surface area contributed by atoms with Crippen molar-refractivity contribution in [2.24, 2.45) is 5.92 Å². The SMILES string of the molecule is Cc1cc2cccc3c2n1CC1C3=C[C@@H](C)CN1C. The van der Waals surface area contributed by atoms with E-state index in [1.54, 1.807) is 0 Å². The maximum atomic E-state index is 2.52. The van der Waals surface area contributed by atoms with Gasteiger partial charge in [0.2, 0.25) is 0 Å². The van der Waals surface area contributed by atoms with Crippen molar-refractivity contribution in [3.8, 4) is 0 Å². The average molecular weight is 252 g/mol. The first kappa shape index (κ1) is 11.3. The standard InChI is InChI=1S/C17H20N2/c1-11-7-15-14-6-4-5-13-8-12(2)19(17(13)14)10-16(15)18(3)9-11/h4-8,11,16H,9-10H2,1-3H3/t11-,16?/m1/s1. The summed E-state index contributed by atoms with van der Waals surface area (Å²) in [5.41, 5.74) is 5.80. The van der Waals surface area contributed by atoms with Crippen LogP contribution in [0.5, 0.6) is 0 Å². The molecule has 4 rings (SSSR count). The van der Waals surface area contributed by atoms with Gasteiger partial charge in [-0.05, 0) is 31.5 Å². The number of para-hydroxylation sites is 1. The van der Waals surface area contributed by atoms with Crippen molar-refractivity contribution in [2.75, 3.05) is 13.6 Å². The molecule has 2 nitrogen and oxygen atoms in total. The first-order chi connectivity index (χ1) is 9.15. The van der Waals surface area contributed by atoms with E-state index in [0.29, 0.717) is 12.0 Å². The molecular formula is C17H20N2. The molecule has 3 heterocycles. The van der Waals surface area contributed by atoms with E-state index in [2.05, 4.69) is 60.7 Å². The Kier molecular flexibility index (Phi) is 2.22. The lowest BCUT2D eigenvalue weighted by Gasteiger charge is -2.40. The maximum absolute atomic E-state index is 2.52. The first-order valence-corrected chi connectivity index (χ1v) is 7.16. The third-order valence-corrected chi connectivity index (χ3v) is 4.72. The van der Waals surface area contributed by atoms with E-state index in [4.69, 9.17) is 0 Å². The van der Waals surface area contributed by atoms with E-state index in [1.165, 1.54) is 34.3 Å². The molecule has 2 aliphatic heterocycles. The van der Waals surface area contributed by atoms with E-state index in [-0.39, 0.29) is 0 Å². The molecule has 0 bridgehead atoms. The monoisotopic (exact) mass is 252 g/mol. The van der Waals surface area contributed by atoms with E-state index in [1.807, 2.05) is 0 Å². The van der Waals surface area contributed by atoms with Crippen molar-refractivity contribution in [1.82, 2.24) is 9.47 Å². The molecular weight excluding hydrogens is 232 g/mol. The van der Waals surface area contributed by atoms with Gasteiger partial charge in [-0.1, -0.05) is 31.2 Å². The van der Waals surface area contributed by atoms with Crippen LogP contribution in [0, 0.1) is 12.8 Å². The lowest BCUT2D eigenvalue weighted by Crippen LogP contribution is -2.43. The Balaban J connectivity index is 2.04. The highest BCUT2D eigenvalue weighted by Crippen LogP contribution is 2.39. The van der Waals surface area contributed by atoms with Gasteiger partial charge in [-0.3, -0.25) is 4.90 Å². The highest BCUT2D eigenvalue weighted by atomic mass is 15.2. The predicted octanol–water partition coefficient (Wildman–Crippen LogP) is 3.30. The molecule has 0 spiro atoms. The number of hydrogen-bond donors (Lipinski definition) is 0. The molecule has 2 aliphatic rings. The van der Waals surface area contributed by atoms with Gasteiger partial charge in [0.05, 0.1) is 11.6 Å². The van der Waals surface area contributed by atoms with Crippen LogP contribution < -0.4 is 0 Å². The lowest BCUT2D eigenvalue weighted by atomic mass is 9.86. The quantitative estimate of drug-likeness (QED) is 0.698. The fourth-order valence-corrected chi connectivity index (χ4v) is 3.90. The molecule has 1 aromatic heterocycles. The average Bonchev–Trinajstić information content (AvgIpc) is 2.69. The van der Waals surface area contributed by atoms with Crippen molar-refractivity contribution >= 4 is 16.5 Å². The van der Waals surface area contributed by atoms with Crippen molar-refractivity contribution in [3.05, 3.63) is 41.6 Å². The van der Waals surface area contributed by atoms with Crippen LogP contribution in [0.1, 0.15) is 18.2 Å². The van der Waals surface area contributed by atoms with E-state index in [0.717, 1.165) is 6.54 Å². The first-order valence-electron chi connectivity index (χ1n) is 7.16. The second kappa shape index (κ2) is 3.73. The summed E-state index contributed by atoms with van der Waals surface area (Å²) < 4.78 is 2.50. The number of aryl methyl sites for hydroxylation is 1. The molecule has 19 heavy (non-hydrogen) atoms. The largest absolute Gasteiger partial charge is 0.342 e. The summed E-state index contributed by atoms with van der Waals surface area (Å²) in [4.78, 5) is 2.52. The molecule has 0 saturated carbocycles. The minimum atomic E-state index is 0.542. The third-order valence-electron chi connectivity index (χ3n) is 4.72. The second-order valence-electron chi connectivity index (χ2n) is 6.19. The number of aromatic nitrogens is 1. The lowest BCUT2D eigenvalue weighted by molar-refractivity contribution is 0.233. The summed E-state index contributed by atoms with van der Waals surface area (Å²) in [6.07, 6.45) is 2.49. The van der Waals surface area contributed by atoms with Crippen LogP contribution in [-0.2, 0) is 6.54 Å². The van der Waals surface area contributed by atoms with Gasteiger partial charge < -0.3 is 4.57 Å². The van der Waals surface area contributed by atoms with Gasteiger partial charge in [-0.2, -0.15) is 0 Å². The maximum Gasteiger partial charge on any atom is 0.0559 e. The smallest absolute Gasteiger partial charge is 0.0559 e. The number of likely N-dealkylation sites (N-methyl/N-ethyl adjacent to an activating group) is 1. The van der Waals surface area contributed by atoms with Crippen molar-refractivity contribution < 1.29 is 0 Å². The van der Waals surface area contributed by atoms with Crippen LogP contribution in [0.15, 0.2) is 30.3 Å². The van der Waals surface area contributed by atoms with Crippen molar-refractivity contribution in [2.45, 2.75) is 26.4 Å². The normalized spacial score (nSPS) is 26.4. The fourth-order valence-electron chi connectivity index (χ4n) is 3.90. The number of fused-ring (bicyclic) bond motifs is 2. The molecule has 1 unspecified atom stereocenters. The molecule has 0 fully saturated rings. The fraction of sp³-hybridized carbons (Fsp3) is 0.412. The number of rotatable bonds is 0. The molecule has 2 atom stereocenters. The zero-order valence-corrected chi connectivity index (χ0v) is 11.9. The Morgan fingerprint density at radius 1 is 1.21 bits per heavy atom.